The second kappa shape index (κ2) is 37.2. The molecule has 8 aliphatic rings. The molecule has 0 spiro atoms. The van der Waals surface area contributed by atoms with E-state index in [-0.39, 0.29) is 87.3 Å². The number of nitrogens with one attached hydrogen (secondary N) is 1. The predicted octanol–water partition coefficient (Wildman–Crippen LogP) is 14.8. The lowest BCUT2D eigenvalue weighted by atomic mass is 9.98. The molecular formula is C75H111ClN10O13S4. The van der Waals surface area contributed by atoms with Crippen LogP contribution in [-0.2, 0) is 36.5 Å². The number of rotatable bonds is 13. The van der Waals surface area contributed by atoms with Crippen LogP contribution >= 0.6 is 57.8 Å². The maximum absolute atomic E-state index is 13.2. The molecule has 6 unspecified atom stereocenters. The molecule has 0 radical (unpaired) electrons. The van der Waals surface area contributed by atoms with Crippen molar-refractivity contribution in [2.75, 3.05) is 21.3 Å². The largest absolute Gasteiger partial charge is 0.478 e. The maximum Gasteiger partial charge on any atom is 0.410 e. The molecular weight excluding hydrogens is 1410 g/mol. The average molecular weight is 1520 g/mol. The van der Waals surface area contributed by atoms with E-state index < -0.39 is 29.4 Å². The lowest BCUT2D eigenvalue weighted by Crippen LogP contribution is -2.50. The second-order valence-corrected chi connectivity index (χ2v) is 33.6. The average Bonchev–Trinajstić information content (AvgIpc) is 1.68. The van der Waals surface area contributed by atoms with Gasteiger partial charge >= 0.3 is 18.2 Å². The van der Waals surface area contributed by atoms with E-state index >= 15 is 0 Å². The Balaban J connectivity index is 0.000000188. The molecule has 23 nitrogen and oxygen atoms in total. The zero-order chi connectivity index (χ0) is 71.9. The first-order chi connectivity index (χ1) is 47.5. The number of carbonyl (C=O) groups excluding carboxylic acids is 3. The molecule has 103 heavy (non-hydrogen) atoms. The number of hydrogen-bond donors (Lipinski definition) is 5. The van der Waals surface area contributed by atoms with E-state index in [0.717, 1.165) is 130 Å². The molecule has 6 aromatic heterocycles. The van der Waals surface area contributed by atoms with E-state index in [2.05, 4.69) is 35.1 Å². The Morgan fingerprint density at radius 1 is 0.544 bits per heavy atom. The predicted molar refractivity (Wildman–Crippen MR) is 407 cm³/mol. The number of aliphatic hydroxyl groups excluding tert-OH is 3. The number of pyridine rings is 2. The van der Waals surface area contributed by atoms with Crippen molar-refractivity contribution < 1.29 is 63.3 Å². The summed E-state index contributed by atoms with van der Waals surface area (Å²) in [5.74, 6) is -0.901. The van der Waals surface area contributed by atoms with Gasteiger partial charge in [-0.25, -0.2) is 34.3 Å². The van der Waals surface area contributed by atoms with Gasteiger partial charge in [-0.15, -0.1) is 57.8 Å². The number of ether oxygens (including phenoxy) is 5. The van der Waals surface area contributed by atoms with Gasteiger partial charge in [-0.2, -0.15) is 0 Å². The van der Waals surface area contributed by atoms with Gasteiger partial charge in [-0.3, -0.25) is 14.8 Å². The van der Waals surface area contributed by atoms with E-state index in [9.17, 15) is 34.5 Å². The molecule has 0 aromatic carbocycles. The zero-order valence-electron chi connectivity index (χ0n) is 60.5. The third-order valence-corrected chi connectivity index (χ3v) is 24.1. The van der Waals surface area contributed by atoms with Crippen LogP contribution in [0.3, 0.4) is 0 Å². The molecule has 570 valence electrons. The van der Waals surface area contributed by atoms with E-state index in [4.69, 9.17) is 33.8 Å². The van der Waals surface area contributed by atoms with Crippen LogP contribution in [0.5, 0.6) is 0 Å². The van der Waals surface area contributed by atoms with Gasteiger partial charge in [0.05, 0.1) is 78.1 Å². The number of nitrogens with zero attached hydrogens (tertiary/aromatic N) is 9. The lowest BCUT2D eigenvalue weighted by Gasteiger charge is -2.38. The molecule has 14 rings (SSSR count). The molecule has 8 bridgehead atoms. The highest BCUT2D eigenvalue weighted by Gasteiger charge is 2.47. The summed E-state index contributed by atoms with van der Waals surface area (Å²) in [5.41, 5.74) is 5.11. The number of carboxylic acid groups (broad SMARTS) is 1. The molecule has 14 atom stereocenters. The number of aromatic nitrogens is 6. The van der Waals surface area contributed by atoms with E-state index in [0.29, 0.717) is 65.6 Å². The quantitative estimate of drug-likeness (QED) is 0.0718. The third kappa shape index (κ3) is 22.2. The van der Waals surface area contributed by atoms with Crippen molar-refractivity contribution in [2.45, 2.75) is 296 Å². The molecule has 14 heterocycles. The van der Waals surface area contributed by atoms with Gasteiger partial charge in [0.1, 0.15) is 33.4 Å². The fourth-order valence-corrected chi connectivity index (χ4v) is 18.7. The maximum atomic E-state index is 13.2. The van der Waals surface area contributed by atoms with Gasteiger partial charge < -0.3 is 64.1 Å². The Bertz CT molecular complexity index is 3650. The molecule has 3 amide bonds. The Hall–Kier alpha value is -5.69. The third-order valence-electron chi connectivity index (χ3n) is 19.7. The minimum absolute atomic E-state index is 0. The first kappa shape index (κ1) is 84.6. The standard InChI is InChI=1S/C24H28N4O3S2.C16H15N3O3S2.C13H23NO3.C12H21NO3.C8H15NO.2CH4.ClH/c1-13-22(33-23(26-13)14(2)29)20-12-32-21(27-20)8-16-5-4-15(11-25-16)24(30)28-17-6-7-18(28)10-19(9-17)31-3;1-8-14(24-15(18-8)9(2)20)12-7-23-13(19-12)5-11-4-3-10(6-17-11)16(21)22;1-13(2,3)17-12(15)14-9-5-6-10(14)8-11(7-9)16-4;1-12(2,3)16-11(15)13-8-4-5-9(13)7-10(14)6-8;1-10-8-4-6-2-3-7(5-8)9-6;;;/h4-5,11-12,14,17-19,29H,6-10H2,1-3H3;3-4,6-7,9,20H,5H2,1-2H3,(H,21,22);9-11H,5-8H2,1-4H3;8-10,14H,4-7H2,1-3H3;6-9H,2-5H2,1H3;2*1H4;1H/t14?,17-,18+,19?;;9-,10+,11?;8-,9+,10?;6-,7+,8?;;;. The number of aliphatic hydroxyl groups is 3. The molecule has 28 heteroatoms. The number of thiazole rings is 4. The number of halogens is 1. The Morgan fingerprint density at radius 2 is 0.903 bits per heavy atom. The number of aryl methyl sites for hydroxylation is 2. The highest BCUT2D eigenvalue weighted by atomic mass is 35.5. The monoisotopic (exact) mass is 1520 g/mol. The number of hydrogen-bond acceptors (Lipinski definition) is 23. The van der Waals surface area contributed by atoms with Crippen LogP contribution < -0.4 is 5.32 Å². The highest BCUT2D eigenvalue weighted by Crippen LogP contribution is 2.42. The van der Waals surface area contributed by atoms with Gasteiger partial charge in [0.15, 0.2) is 0 Å². The van der Waals surface area contributed by atoms with Crippen molar-refractivity contribution in [3.05, 3.63) is 101 Å². The van der Waals surface area contributed by atoms with Crippen LogP contribution in [0.1, 0.15) is 249 Å². The summed E-state index contributed by atoms with van der Waals surface area (Å²) < 4.78 is 27.2. The lowest BCUT2D eigenvalue weighted by molar-refractivity contribution is -0.0215. The summed E-state index contributed by atoms with van der Waals surface area (Å²) in [7, 11) is 5.35. The molecule has 0 saturated carbocycles. The van der Waals surface area contributed by atoms with Gasteiger partial charge in [0, 0.05) is 117 Å². The SMILES string of the molecule is C.C.CC(C)(C)OC(=O)N1[C@@H]2CC[C@H]1CC(O)C2.COC1C[C@H]2CC[C@@H](C1)N2.COC1C[C@H]2CC[C@@H](C1)N2C(=O)OC(C)(C)C.COC1C[C@H]2CC[C@@H](C1)N2C(=O)c1ccc(Cc2nc(-c3sc(C(C)O)nc3C)cs2)nc1.Cc1nc(C(C)O)sc1-c1csc(Cc2ccc(C(=O)O)cn2)n1.Cl. The van der Waals surface area contributed by atoms with Gasteiger partial charge in [-0.1, -0.05) is 14.9 Å². The van der Waals surface area contributed by atoms with E-state index in [1.807, 2.05) is 95.2 Å². The highest BCUT2D eigenvalue weighted by molar-refractivity contribution is 7.16. The molecule has 6 aromatic rings. The summed E-state index contributed by atoms with van der Waals surface area (Å²) in [6.45, 7) is 18.6. The second-order valence-electron chi connectivity index (χ2n) is 29.7. The molecule has 8 aliphatic heterocycles. The van der Waals surface area contributed by atoms with Crippen molar-refractivity contribution in [3.8, 4) is 21.1 Å². The molecule has 5 N–H and O–H groups in total. The zero-order valence-corrected chi connectivity index (χ0v) is 64.5. The Kier molecular flexibility index (Phi) is 30.6. The van der Waals surface area contributed by atoms with Crippen LogP contribution in [0, 0.1) is 13.8 Å². The van der Waals surface area contributed by atoms with Crippen molar-refractivity contribution >= 4 is 81.8 Å². The number of fused-ring (bicyclic) bond motifs is 8. The topological polar surface area (TPSA) is 294 Å². The minimum Gasteiger partial charge on any atom is -0.478 e. The van der Waals surface area contributed by atoms with Crippen molar-refractivity contribution in [1.29, 1.82) is 0 Å². The van der Waals surface area contributed by atoms with Crippen LogP contribution in [0.2, 0.25) is 0 Å². The van der Waals surface area contributed by atoms with Crippen LogP contribution in [0.25, 0.3) is 21.1 Å². The van der Waals surface area contributed by atoms with Crippen LogP contribution in [-0.4, -0.2) is 194 Å². The smallest absolute Gasteiger partial charge is 0.410 e. The number of amides is 3. The van der Waals surface area contributed by atoms with Gasteiger partial charge in [0.2, 0.25) is 0 Å². The van der Waals surface area contributed by atoms with Crippen LogP contribution in [0.4, 0.5) is 9.59 Å². The Morgan fingerprint density at radius 3 is 1.23 bits per heavy atom. The van der Waals surface area contributed by atoms with Crippen molar-refractivity contribution in [2.24, 2.45) is 0 Å². The number of carboxylic acids is 1. The fourth-order valence-electron chi connectivity index (χ4n) is 15.0. The van der Waals surface area contributed by atoms with Crippen LogP contribution in [0.15, 0.2) is 47.4 Å². The number of aromatic carboxylic acids is 1. The van der Waals surface area contributed by atoms with Crippen molar-refractivity contribution in [3.63, 3.8) is 0 Å². The number of piperidine rings is 4. The normalized spacial score (nSPS) is 25.4. The summed E-state index contributed by atoms with van der Waals surface area (Å²) in [5, 5.41) is 48.8. The Labute approximate surface area is 630 Å². The first-order valence-electron chi connectivity index (χ1n) is 35.2. The molecule has 8 fully saturated rings. The molecule has 0 aliphatic carbocycles. The summed E-state index contributed by atoms with van der Waals surface area (Å²) >= 11 is 6.04. The number of carbonyl (C=O) groups is 4. The summed E-state index contributed by atoms with van der Waals surface area (Å²) in [6, 6.07) is 10.2. The number of methoxy groups -OCH3 is 3. The minimum atomic E-state index is -0.986. The summed E-state index contributed by atoms with van der Waals surface area (Å²) in [6.07, 6.45) is 20.2. The fraction of sp³-hybridized carbons (Fsp3) is 0.653. The van der Waals surface area contributed by atoms with E-state index in [1.165, 1.54) is 65.9 Å². The van der Waals surface area contributed by atoms with Crippen molar-refractivity contribution in [1.82, 2.24) is 49.9 Å². The molecule has 8 saturated heterocycles. The first-order valence-corrected chi connectivity index (χ1v) is 38.6. The van der Waals surface area contributed by atoms with Gasteiger partial charge in [-0.05, 0) is 196 Å². The van der Waals surface area contributed by atoms with E-state index in [1.54, 1.807) is 57.7 Å². The van der Waals surface area contributed by atoms with Gasteiger partial charge in [0.25, 0.3) is 5.91 Å². The summed E-state index contributed by atoms with van der Waals surface area (Å²) in [4.78, 5) is 82.9.